The molecular formula is C23H28N2O5. The summed E-state index contributed by atoms with van der Waals surface area (Å²) in [5.41, 5.74) is 3.45. The first-order valence-corrected chi connectivity index (χ1v) is 9.77. The van der Waals surface area contributed by atoms with Crippen LogP contribution in [0, 0.1) is 6.92 Å². The average Bonchev–Trinajstić information content (AvgIpc) is 2.67. The van der Waals surface area contributed by atoms with E-state index in [1.165, 1.54) is 19.4 Å². The van der Waals surface area contributed by atoms with E-state index in [4.69, 9.17) is 9.47 Å². The van der Waals surface area contributed by atoms with E-state index in [1.54, 1.807) is 24.3 Å². The molecule has 2 aromatic rings. The van der Waals surface area contributed by atoms with Gasteiger partial charge in [0.05, 0.1) is 0 Å². The first kappa shape index (κ1) is 22.9. The van der Waals surface area contributed by atoms with E-state index in [0.717, 1.165) is 5.56 Å². The second kappa shape index (κ2) is 10.4. The molecule has 0 spiro atoms. The minimum atomic E-state index is -0.985. The number of benzene rings is 2. The van der Waals surface area contributed by atoms with Crippen LogP contribution in [0.5, 0.6) is 5.75 Å². The fourth-order valence-electron chi connectivity index (χ4n) is 2.90. The highest BCUT2D eigenvalue weighted by Crippen LogP contribution is 2.23. The summed E-state index contributed by atoms with van der Waals surface area (Å²) in [6.07, 6.45) is -0.985. The quantitative estimate of drug-likeness (QED) is 0.639. The highest BCUT2D eigenvalue weighted by molar-refractivity contribution is 5.95. The molecule has 7 heteroatoms. The number of anilines is 2. The van der Waals surface area contributed by atoms with Crippen molar-refractivity contribution in [2.75, 3.05) is 17.2 Å². The average molecular weight is 412 g/mol. The summed E-state index contributed by atoms with van der Waals surface area (Å²) in [5.74, 6) is -0.298. The van der Waals surface area contributed by atoms with Crippen LogP contribution in [0.3, 0.4) is 0 Å². The molecule has 2 amide bonds. The largest absolute Gasteiger partial charge is 0.482 e. The zero-order valence-corrected chi connectivity index (χ0v) is 17.9. The molecule has 2 aromatic carbocycles. The Morgan fingerprint density at radius 1 is 0.933 bits per heavy atom. The van der Waals surface area contributed by atoms with Crippen LogP contribution in [0.1, 0.15) is 44.7 Å². The number of hydrogen-bond acceptors (Lipinski definition) is 5. The molecule has 2 rings (SSSR count). The number of nitrogens with one attached hydrogen (secondary N) is 2. The van der Waals surface area contributed by atoms with Gasteiger partial charge in [-0.25, -0.2) is 4.79 Å². The summed E-state index contributed by atoms with van der Waals surface area (Å²) < 4.78 is 10.6. The van der Waals surface area contributed by atoms with Gasteiger partial charge in [-0.3, -0.25) is 9.59 Å². The van der Waals surface area contributed by atoms with Crippen LogP contribution in [-0.4, -0.2) is 30.5 Å². The van der Waals surface area contributed by atoms with Crippen molar-refractivity contribution in [2.45, 2.75) is 46.6 Å². The number of hydrogen-bond donors (Lipinski definition) is 2. The Morgan fingerprint density at radius 3 is 2.07 bits per heavy atom. The van der Waals surface area contributed by atoms with Gasteiger partial charge in [0.25, 0.3) is 5.91 Å². The Morgan fingerprint density at radius 2 is 1.53 bits per heavy atom. The van der Waals surface area contributed by atoms with Crippen LogP contribution in [0.2, 0.25) is 0 Å². The molecule has 0 saturated carbocycles. The van der Waals surface area contributed by atoms with Gasteiger partial charge >= 0.3 is 5.97 Å². The van der Waals surface area contributed by atoms with E-state index in [9.17, 15) is 14.4 Å². The molecule has 0 saturated heterocycles. The minimum Gasteiger partial charge on any atom is -0.482 e. The van der Waals surface area contributed by atoms with Gasteiger partial charge in [0.15, 0.2) is 12.7 Å². The third kappa shape index (κ3) is 6.92. The minimum absolute atomic E-state index is 0.180. The van der Waals surface area contributed by atoms with E-state index in [0.29, 0.717) is 23.0 Å². The highest BCUT2D eigenvalue weighted by atomic mass is 16.6. The lowest BCUT2D eigenvalue weighted by Gasteiger charge is -2.15. The van der Waals surface area contributed by atoms with Crippen LogP contribution >= 0.6 is 0 Å². The topological polar surface area (TPSA) is 93.7 Å². The van der Waals surface area contributed by atoms with Crippen LogP contribution in [0.25, 0.3) is 0 Å². The Labute approximate surface area is 176 Å². The van der Waals surface area contributed by atoms with Crippen LogP contribution in [0.15, 0.2) is 42.5 Å². The highest BCUT2D eigenvalue weighted by Gasteiger charge is 2.18. The van der Waals surface area contributed by atoms with Gasteiger partial charge in [0.2, 0.25) is 5.91 Å². The van der Waals surface area contributed by atoms with Crippen molar-refractivity contribution in [1.29, 1.82) is 0 Å². The fourth-order valence-corrected chi connectivity index (χ4v) is 2.90. The van der Waals surface area contributed by atoms with E-state index in [2.05, 4.69) is 24.5 Å². The van der Waals surface area contributed by atoms with Gasteiger partial charge in [0.1, 0.15) is 5.75 Å². The van der Waals surface area contributed by atoms with Gasteiger partial charge in [-0.1, -0.05) is 19.9 Å². The van der Waals surface area contributed by atoms with Crippen molar-refractivity contribution in [2.24, 2.45) is 0 Å². The van der Waals surface area contributed by atoms with Crippen LogP contribution in [-0.2, 0) is 19.1 Å². The molecule has 0 aliphatic heterocycles. The van der Waals surface area contributed by atoms with E-state index in [-0.39, 0.29) is 12.5 Å². The molecule has 0 aromatic heterocycles. The van der Waals surface area contributed by atoms with Gasteiger partial charge in [-0.2, -0.15) is 0 Å². The molecule has 0 bridgehead atoms. The Kier molecular flexibility index (Phi) is 7.98. The first-order chi connectivity index (χ1) is 14.2. The second-order valence-corrected chi connectivity index (χ2v) is 7.34. The molecule has 7 nitrogen and oxygen atoms in total. The third-order valence-corrected chi connectivity index (χ3v) is 4.37. The first-order valence-electron chi connectivity index (χ1n) is 9.77. The number of esters is 1. The van der Waals surface area contributed by atoms with Gasteiger partial charge in [0, 0.05) is 18.3 Å². The zero-order chi connectivity index (χ0) is 22.3. The number of rotatable bonds is 8. The molecule has 0 aliphatic rings. The van der Waals surface area contributed by atoms with Gasteiger partial charge in [-0.05, 0) is 67.3 Å². The van der Waals surface area contributed by atoms with Crippen molar-refractivity contribution in [3.8, 4) is 5.75 Å². The number of carbonyl (C=O) groups excluding carboxylic acids is 3. The summed E-state index contributed by atoms with van der Waals surface area (Å²) in [7, 11) is 0. The zero-order valence-electron chi connectivity index (χ0n) is 17.9. The summed E-state index contributed by atoms with van der Waals surface area (Å²) in [4.78, 5) is 35.3. The smallest absolute Gasteiger partial charge is 0.344 e. The number of carbonyl (C=O) groups is 3. The summed E-state index contributed by atoms with van der Waals surface area (Å²) >= 11 is 0. The molecule has 0 fully saturated rings. The Hall–Kier alpha value is -3.35. The molecule has 2 N–H and O–H groups in total. The molecule has 160 valence electrons. The molecule has 1 atom stereocenters. The summed E-state index contributed by atoms with van der Waals surface area (Å²) in [6.45, 7) is 8.84. The van der Waals surface area contributed by atoms with Crippen molar-refractivity contribution in [3.63, 3.8) is 0 Å². The third-order valence-electron chi connectivity index (χ3n) is 4.37. The van der Waals surface area contributed by atoms with E-state index >= 15 is 0 Å². The standard InChI is InChI=1S/C23H28N2O5/c1-14(2)21-11-10-20(12-15(21)3)29-13-22(27)30-16(4)23(28)25-19-8-6-18(7-9-19)24-17(5)26/h6-12,14,16H,13H2,1-5H3,(H,24,26)(H,25,28)/t16-/m0/s1. The molecular weight excluding hydrogens is 384 g/mol. The van der Waals surface area contributed by atoms with Crippen LogP contribution < -0.4 is 15.4 Å². The maximum atomic E-state index is 12.2. The number of ether oxygens (including phenoxy) is 2. The van der Waals surface area contributed by atoms with Crippen LogP contribution in [0.4, 0.5) is 11.4 Å². The lowest BCUT2D eigenvalue weighted by molar-refractivity contribution is -0.155. The molecule has 0 radical (unpaired) electrons. The van der Waals surface area contributed by atoms with Crippen molar-refractivity contribution >= 4 is 29.2 Å². The number of aryl methyl sites for hydroxylation is 1. The molecule has 0 heterocycles. The SMILES string of the molecule is CC(=O)Nc1ccc(NC(=O)[C@H](C)OC(=O)COc2ccc(C(C)C)c(C)c2)cc1. The normalized spacial score (nSPS) is 11.5. The lowest BCUT2D eigenvalue weighted by Crippen LogP contribution is -2.31. The van der Waals surface area contributed by atoms with Crippen molar-refractivity contribution < 1.29 is 23.9 Å². The van der Waals surface area contributed by atoms with Crippen molar-refractivity contribution in [3.05, 3.63) is 53.6 Å². The lowest BCUT2D eigenvalue weighted by atomic mass is 9.98. The predicted molar refractivity (Wildman–Crippen MR) is 116 cm³/mol. The van der Waals surface area contributed by atoms with Crippen molar-refractivity contribution in [1.82, 2.24) is 0 Å². The monoisotopic (exact) mass is 412 g/mol. The van der Waals surface area contributed by atoms with Gasteiger partial charge in [-0.15, -0.1) is 0 Å². The van der Waals surface area contributed by atoms with Gasteiger partial charge < -0.3 is 20.1 Å². The predicted octanol–water partition coefficient (Wildman–Crippen LogP) is 4.03. The maximum Gasteiger partial charge on any atom is 0.344 e. The summed E-state index contributed by atoms with van der Waals surface area (Å²) in [6, 6.07) is 12.3. The molecule has 30 heavy (non-hydrogen) atoms. The second-order valence-electron chi connectivity index (χ2n) is 7.34. The fraction of sp³-hybridized carbons (Fsp3) is 0.348. The molecule has 0 aliphatic carbocycles. The molecule has 0 unspecified atom stereocenters. The number of amides is 2. The Balaban J connectivity index is 1.82. The summed E-state index contributed by atoms with van der Waals surface area (Å²) in [5, 5.41) is 5.29. The maximum absolute atomic E-state index is 12.2. The van der Waals surface area contributed by atoms with E-state index < -0.39 is 18.0 Å². The van der Waals surface area contributed by atoms with E-state index in [1.807, 2.05) is 25.1 Å². The Bertz CT molecular complexity index is 906.